The summed E-state index contributed by atoms with van der Waals surface area (Å²) in [5.74, 6) is 0. The van der Waals surface area contributed by atoms with E-state index in [9.17, 15) is 53.3 Å². The van der Waals surface area contributed by atoms with Gasteiger partial charge < -0.3 is 47.3 Å². The van der Waals surface area contributed by atoms with Gasteiger partial charge in [0.1, 0.15) is 21.7 Å². The lowest BCUT2D eigenvalue weighted by atomic mass is 10.0. The van der Waals surface area contributed by atoms with Crippen LogP contribution < -0.4 is 21.4 Å². The largest absolute Gasteiger partial charge is 0.354 e. The predicted octanol–water partition coefficient (Wildman–Crippen LogP) is 5.96. The lowest BCUT2D eigenvalue weighted by molar-refractivity contribution is 0.374. The fourth-order valence-electron chi connectivity index (χ4n) is 7.77. The molecule has 0 amide bonds. The van der Waals surface area contributed by atoms with Crippen LogP contribution in [0.3, 0.4) is 0 Å². The van der Waals surface area contributed by atoms with Crippen molar-refractivity contribution in [1.29, 1.82) is 0 Å². The van der Waals surface area contributed by atoms with Crippen molar-refractivity contribution in [3.8, 4) is 0 Å². The van der Waals surface area contributed by atoms with Gasteiger partial charge in [-0.05, 0) is 119 Å². The van der Waals surface area contributed by atoms with Gasteiger partial charge in [-0.2, -0.15) is 16.8 Å². The molecule has 1 aliphatic heterocycles. The average Bonchev–Trinajstić information content (AvgIpc) is 4.08. The maximum atomic E-state index is 12.0. The van der Waals surface area contributed by atoms with Crippen LogP contribution in [0.4, 0.5) is 0 Å². The smallest absolute Gasteiger partial charge is 0.294 e. The number of H-pyrrole nitrogens is 4. The summed E-state index contributed by atoms with van der Waals surface area (Å²) in [6, 6.07) is 38.0. The van der Waals surface area contributed by atoms with E-state index in [0.717, 1.165) is 0 Å². The quantitative estimate of drug-likeness (QED) is 0.0786. The molecule has 0 radical (unpaired) electrons. The van der Waals surface area contributed by atoms with E-state index < -0.39 is 42.0 Å². The van der Waals surface area contributed by atoms with Gasteiger partial charge >= 0.3 is 0 Å². The van der Waals surface area contributed by atoms with E-state index in [0.29, 0.717) is 88.7 Å². The summed E-state index contributed by atoms with van der Waals surface area (Å²) in [4.78, 5) is 13.2. The molecule has 16 nitrogen and oxygen atoms in total. The Hall–Kier alpha value is -6.24. The van der Waals surface area contributed by atoms with Crippen molar-refractivity contribution < 1.29 is 53.3 Å². The summed E-state index contributed by atoms with van der Waals surface area (Å²) in [5, 5.41) is 2.27. The van der Waals surface area contributed by atoms with Gasteiger partial charge in [-0.1, -0.05) is 48.5 Å². The highest BCUT2D eigenvalue weighted by Gasteiger charge is 2.22. The molecule has 0 saturated heterocycles. The van der Waals surface area contributed by atoms with Gasteiger partial charge in [0.15, 0.2) is 0 Å². The number of aromatic nitrogens is 4. The van der Waals surface area contributed by atoms with Crippen LogP contribution in [0.2, 0.25) is 0 Å². The topological polar surface area (TPSA) is 293 Å². The first-order chi connectivity index (χ1) is 30.2. The highest BCUT2D eigenvalue weighted by molar-refractivity contribution is 8.19. The predicted molar refractivity (Wildman–Crippen MR) is 241 cm³/mol. The van der Waals surface area contributed by atoms with E-state index >= 15 is 0 Å². The number of benzene rings is 4. The Balaban J connectivity index is 1.39. The fourth-order valence-corrected chi connectivity index (χ4v) is 9.73. The second-order valence-electron chi connectivity index (χ2n) is 14.7. The lowest BCUT2D eigenvalue weighted by Gasteiger charge is -2.19. The van der Waals surface area contributed by atoms with Crippen molar-refractivity contribution in [1.82, 2.24) is 19.9 Å². The molecule has 0 atom stereocenters. The SMILES string of the molecule is O=S(=O)(O)c1ccc(C2=c3ccc([nH]3)=C(c3ccc(S(=O)(=O)O)cc3)c3ccc([nH]3)C(c3ccc(S(O)(O)O)cc3)=c3ccc([nH]3)=C(c3ccc(S(O)(O)O)cc3)c3ccc2[nH]3)cc1. The Bertz CT molecular complexity index is 3360. The van der Waals surface area contributed by atoms with E-state index in [2.05, 4.69) is 19.9 Å². The number of hydrogen-bond acceptors (Lipinski definition) is 10. The zero-order chi connectivity index (χ0) is 45.3. The van der Waals surface area contributed by atoms with Gasteiger partial charge in [-0.15, -0.1) is 0 Å². The molecule has 4 aromatic heterocycles. The fraction of sp³-hybridized carbons (Fsp3) is 0. The number of aromatic amines is 4. The van der Waals surface area contributed by atoms with Gasteiger partial charge in [0.2, 0.25) is 0 Å². The summed E-state index contributed by atoms with van der Waals surface area (Å²) in [5.41, 5.74) is 6.93. The van der Waals surface area contributed by atoms with Crippen LogP contribution in [0.5, 0.6) is 0 Å². The molecule has 4 aromatic carbocycles. The third kappa shape index (κ3) is 8.32. The Morgan fingerprint density at radius 2 is 0.484 bits per heavy atom. The number of nitrogens with one attached hydrogen (secondary N) is 4. The molecule has 8 bridgehead atoms. The highest BCUT2D eigenvalue weighted by atomic mass is 32.3. The number of rotatable bonds is 8. The molecule has 0 saturated carbocycles. The Morgan fingerprint density at radius 1 is 0.266 bits per heavy atom. The van der Waals surface area contributed by atoms with Crippen LogP contribution in [-0.2, 0) is 20.2 Å². The van der Waals surface area contributed by atoms with Crippen LogP contribution in [0, 0.1) is 0 Å². The molecule has 0 unspecified atom stereocenters. The summed E-state index contributed by atoms with van der Waals surface area (Å²) in [6.45, 7) is 0. The second-order valence-corrected chi connectivity index (χ2v) is 20.6. The number of fused-ring (bicyclic) bond motifs is 8. The first-order valence-electron chi connectivity index (χ1n) is 18.9. The minimum atomic E-state index is -4.52. The van der Waals surface area contributed by atoms with Crippen molar-refractivity contribution >= 4 is 64.3 Å². The molecule has 64 heavy (non-hydrogen) atoms. The van der Waals surface area contributed by atoms with E-state index in [-0.39, 0.29) is 19.6 Å². The molecule has 328 valence electrons. The summed E-state index contributed by atoms with van der Waals surface area (Å²) >= 11 is 0. The molecule has 20 heteroatoms. The minimum absolute atomic E-state index is 0.0948. The van der Waals surface area contributed by atoms with Crippen molar-refractivity contribution in [2.45, 2.75) is 19.6 Å². The molecular formula is C44H36N4O12S4. The molecule has 1 aliphatic rings. The average molecular weight is 941 g/mol. The van der Waals surface area contributed by atoms with Crippen molar-refractivity contribution in [2.75, 3.05) is 0 Å². The molecule has 12 N–H and O–H groups in total. The van der Waals surface area contributed by atoms with Crippen LogP contribution in [0.15, 0.2) is 165 Å². The lowest BCUT2D eigenvalue weighted by Crippen LogP contribution is -2.19. The Morgan fingerprint density at radius 3 is 0.688 bits per heavy atom. The van der Waals surface area contributed by atoms with E-state index in [1.165, 1.54) is 48.5 Å². The summed E-state index contributed by atoms with van der Waals surface area (Å²) in [7, 11) is -17.1. The van der Waals surface area contributed by atoms with Crippen molar-refractivity contribution in [3.05, 3.63) is 212 Å². The number of hydrogen-bond donors (Lipinski definition) is 12. The van der Waals surface area contributed by atoms with E-state index in [4.69, 9.17) is 0 Å². The van der Waals surface area contributed by atoms with Crippen molar-refractivity contribution in [3.63, 3.8) is 0 Å². The molecule has 5 heterocycles. The van der Waals surface area contributed by atoms with Crippen molar-refractivity contribution in [2.24, 2.45) is 0 Å². The molecule has 8 aromatic rings. The molecule has 0 spiro atoms. The Labute approximate surface area is 367 Å². The second kappa shape index (κ2) is 15.8. The van der Waals surface area contributed by atoms with E-state index in [1.54, 1.807) is 48.5 Å². The summed E-state index contributed by atoms with van der Waals surface area (Å²) < 4.78 is 128. The van der Waals surface area contributed by atoms with Crippen LogP contribution in [-0.4, -0.2) is 73.2 Å². The first kappa shape index (κ1) is 43.0. The van der Waals surface area contributed by atoms with Gasteiger partial charge in [0, 0.05) is 66.5 Å². The van der Waals surface area contributed by atoms with Gasteiger partial charge in [-0.3, -0.25) is 9.11 Å². The normalized spacial score (nSPS) is 14.2. The maximum Gasteiger partial charge on any atom is 0.294 e. The van der Waals surface area contributed by atoms with Crippen LogP contribution >= 0.6 is 21.7 Å². The van der Waals surface area contributed by atoms with Crippen LogP contribution in [0.25, 0.3) is 22.3 Å². The van der Waals surface area contributed by atoms with Gasteiger partial charge in [0.05, 0.1) is 19.6 Å². The maximum absolute atomic E-state index is 12.0. The first-order valence-corrected chi connectivity index (χ1v) is 24.8. The monoisotopic (exact) mass is 940 g/mol. The zero-order valence-corrected chi connectivity index (χ0v) is 36.0. The third-order valence-corrected chi connectivity index (χ3v) is 14.2. The minimum Gasteiger partial charge on any atom is -0.354 e. The zero-order valence-electron chi connectivity index (χ0n) is 32.7. The Kier molecular flexibility index (Phi) is 10.6. The molecule has 9 rings (SSSR count). The molecule has 0 aliphatic carbocycles. The standard InChI is InChI=1S/C44H36N4O12S4/c49-61(50,51)29-9-1-25(2-10-29)41-33-17-19-35(45-33)42(26-3-11-30(12-4-26)62(52,53)54)37-21-23-39(47-37)44(28-7-15-32(16-8-28)64(58,59)60)40-24-22-38(48-40)43(36-20-18-34(41)46-36)27-5-13-31(14-6-27)63(55,56)57/h1-24,45-54H,(H,55,56,57)(H,58,59,60). The third-order valence-electron chi connectivity index (χ3n) is 10.7. The molecular weight excluding hydrogens is 905 g/mol. The van der Waals surface area contributed by atoms with Gasteiger partial charge in [0.25, 0.3) is 20.2 Å². The summed E-state index contributed by atoms with van der Waals surface area (Å²) in [6.07, 6.45) is 0. The van der Waals surface area contributed by atoms with Gasteiger partial charge in [-0.25, -0.2) is 0 Å². The molecule has 0 fully saturated rings. The highest BCUT2D eigenvalue weighted by Crippen LogP contribution is 2.44. The van der Waals surface area contributed by atoms with Crippen LogP contribution in [0.1, 0.15) is 45.0 Å². The van der Waals surface area contributed by atoms with E-state index in [1.807, 2.05) is 48.5 Å².